The number of hydrogen-bond acceptors (Lipinski definition) is 4. The van der Waals surface area contributed by atoms with Gasteiger partial charge < -0.3 is 15.1 Å². The van der Waals surface area contributed by atoms with Crippen molar-refractivity contribution in [2.45, 2.75) is 19.3 Å². The molecule has 2 N–H and O–H groups in total. The van der Waals surface area contributed by atoms with E-state index in [9.17, 15) is 4.79 Å². The van der Waals surface area contributed by atoms with Crippen LogP contribution in [-0.4, -0.2) is 24.0 Å². The Kier molecular flexibility index (Phi) is 4.31. The summed E-state index contributed by atoms with van der Waals surface area (Å²) >= 11 is 0. The van der Waals surface area contributed by atoms with Gasteiger partial charge in [-0.3, -0.25) is 4.79 Å². The van der Waals surface area contributed by atoms with Gasteiger partial charge in [0.25, 0.3) is 0 Å². The molecule has 5 nitrogen and oxygen atoms in total. The van der Waals surface area contributed by atoms with E-state index in [1.165, 1.54) is 6.39 Å². The number of nitrogens with zero attached hydrogens (tertiary/aromatic N) is 1. The fourth-order valence-electron chi connectivity index (χ4n) is 2.64. The van der Waals surface area contributed by atoms with E-state index >= 15 is 0 Å². The second-order valence-electron chi connectivity index (χ2n) is 5.39. The summed E-state index contributed by atoms with van der Waals surface area (Å²) in [6.07, 6.45) is 5.84. The summed E-state index contributed by atoms with van der Waals surface area (Å²) < 4.78 is 5.24. The van der Waals surface area contributed by atoms with E-state index in [-0.39, 0.29) is 5.91 Å². The fourth-order valence-corrected chi connectivity index (χ4v) is 2.64. The molecule has 5 heteroatoms. The van der Waals surface area contributed by atoms with Crippen LogP contribution >= 0.6 is 0 Å². The van der Waals surface area contributed by atoms with Crippen LogP contribution in [0.3, 0.4) is 0 Å². The van der Waals surface area contributed by atoms with Crippen LogP contribution < -0.4 is 10.6 Å². The molecule has 0 unspecified atom stereocenters. The van der Waals surface area contributed by atoms with Crippen LogP contribution in [-0.2, 0) is 4.79 Å². The first-order valence-electron chi connectivity index (χ1n) is 7.31. The summed E-state index contributed by atoms with van der Waals surface area (Å²) in [5, 5.41) is 6.27. The molecule has 0 bridgehead atoms. The highest BCUT2D eigenvalue weighted by Crippen LogP contribution is 2.21. The van der Waals surface area contributed by atoms with Crippen molar-refractivity contribution >= 4 is 11.6 Å². The third-order valence-corrected chi connectivity index (χ3v) is 3.82. The van der Waals surface area contributed by atoms with E-state index in [0.717, 1.165) is 42.9 Å². The first-order valence-corrected chi connectivity index (χ1v) is 7.31. The molecular formula is C16H19N3O2. The molecule has 0 spiro atoms. The summed E-state index contributed by atoms with van der Waals surface area (Å²) in [6, 6.07) is 7.61. The topological polar surface area (TPSA) is 67.2 Å². The summed E-state index contributed by atoms with van der Waals surface area (Å²) in [7, 11) is 0. The number of piperidine rings is 1. The van der Waals surface area contributed by atoms with E-state index in [0.29, 0.717) is 12.3 Å². The number of nitrogens with one attached hydrogen (secondary N) is 2. The predicted molar refractivity (Wildman–Crippen MR) is 80.8 cm³/mol. The Morgan fingerprint density at radius 1 is 1.29 bits per heavy atom. The van der Waals surface area contributed by atoms with Crippen LogP contribution in [0.4, 0.5) is 5.69 Å². The summed E-state index contributed by atoms with van der Waals surface area (Å²) in [4.78, 5) is 15.9. The molecule has 1 aromatic carbocycles. The van der Waals surface area contributed by atoms with Crippen LogP contribution in [0.1, 0.15) is 19.3 Å². The fraction of sp³-hybridized carbons (Fsp3) is 0.375. The van der Waals surface area contributed by atoms with Crippen molar-refractivity contribution in [2.24, 2.45) is 5.92 Å². The number of amides is 1. The van der Waals surface area contributed by atoms with Gasteiger partial charge in [0.15, 0.2) is 12.2 Å². The van der Waals surface area contributed by atoms with Crippen molar-refractivity contribution < 1.29 is 9.21 Å². The lowest BCUT2D eigenvalue weighted by Gasteiger charge is -2.21. The third kappa shape index (κ3) is 3.70. The number of carbonyl (C=O) groups excluding carboxylic acids is 1. The standard InChI is InChI=1S/C16H19N3O2/c20-16(9-12-5-7-17-8-6-12)19-14-3-1-13(2-4-14)15-10-18-11-21-15/h1-4,10-12,17H,5-9H2,(H,19,20). The summed E-state index contributed by atoms with van der Waals surface area (Å²) in [5.41, 5.74) is 1.76. The molecule has 0 saturated carbocycles. The second-order valence-corrected chi connectivity index (χ2v) is 5.39. The number of carbonyl (C=O) groups is 1. The molecule has 1 fully saturated rings. The maximum Gasteiger partial charge on any atom is 0.224 e. The van der Waals surface area contributed by atoms with Gasteiger partial charge in [-0.2, -0.15) is 0 Å². The van der Waals surface area contributed by atoms with E-state index in [2.05, 4.69) is 15.6 Å². The average Bonchev–Trinajstić information content (AvgIpc) is 3.03. The normalized spacial score (nSPS) is 15.8. The van der Waals surface area contributed by atoms with Crippen LogP contribution in [0.25, 0.3) is 11.3 Å². The third-order valence-electron chi connectivity index (χ3n) is 3.82. The molecule has 1 saturated heterocycles. The van der Waals surface area contributed by atoms with Gasteiger partial charge in [-0.1, -0.05) is 0 Å². The van der Waals surface area contributed by atoms with Crippen LogP contribution in [0.2, 0.25) is 0 Å². The molecule has 2 heterocycles. The van der Waals surface area contributed by atoms with Gasteiger partial charge in [-0.05, 0) is 56.1 Å². The minimum Gasteiger partial charge on any atom is -0.444 e. The summed E-state index contributed by atoms with van der Waals surface area (Å²) in [5.74, 6) is 1.32. The van der Waals surface area contributed by atoms with Gasteiger partial charge in [-0.15, -0.1) is 0 Å². The zero-order valence-corrected chi connectivity index (χ0v) is 11.8. The molecular weight excluding hydrogens is 266 g/mol. The van der Waals surface area contributed by atoms with Gasteiger partial charge in [0.05, 0.1) is 6.20 Å². The minimum absolute atomic E-state index is 0.0920. The Hall–Kier alpha value is -2.14. The highest BCUT2D eigenvalue weighted by atomic mass is 16.3. The molecule has 1 aliphatic heterocycles. The molecule has 21 heavy (non-hydrogen) atoms. The van der Waals surface area contributed by atoms with Crippen LogP contribution in [0.5, 0.6) is 0 Å². The zero-order valence-electron chi connectivity index (χ0n) is 11.8. The average molecular weight is 285 g/mol. The number of anilines is 1. The molecule has 3 rings (SSSR count). The van der Waals surface area contributed by atoms with Crippen LogP contribution in [0, 0.1) is 5.92 Å². The maximum atomic E-state index is 12.0. The zero-order chi connectivity index (χ0) is 14.5. The highest BCUT2D eigenvalue weighted by molar-refractivity contribution is 5.91. The van der Waals surface area contributed by atoms with Gasteiger partial charge in [0, 0.05) is 17.7 Å². The Bertz CT molecular complexity index is 572. The van der Waals surface area contributed by atoms with Crippen molar-refractivity contribution in [1.29, 1.82) is 0 Å². The van der Waals surface area contributed by atoms with Gasteiger partial charge >= 0.3 is 0 Å². The van der Waals surface area contributed by atoms with Crippen molar-refractivity contribution in [1.82, 2.24) is 10.3 Å². The number of benzene rings is 1. The van der Waals surface area contributed by atoms with Crippen molar-refractivity contribution in [3.8, 4) is 11.3 Å². The van der Waals surface area contributed by atoms with Gasteiger partial charge in [-0.25, -0.2) is 4.98 Å². The first kappa shape index (κ1) is 13.8. The number of hydrogen-bond donors (Lipinski definition) is 2. The Balaban J connectivity index is 1.56. The quantitative estimate of drug-likeness (QED) is 0.906. The lowest BCUT2D eigenvalue weighted by atomic mass is 9.94. The molecule has 1 aromatic heterocycles. The van der Waals surface area contributed by atoms with Crippen molar-refractivity contribution in [3.05, 3.63) is 36.9 Å². The molecule has 2 aromatic rings. The van der Waals surface area contributed by atoms with Crippen LogP contribution in [0.15, 0.2) is 41.3 Å². The molecule has 1 aliphatic rings. The number of rotatable bonds is 4. The maximum absolute atomic E-state index is 12.0. The monoisotopic (exact) mass is 285 g/mol. The van der Waals surface area contributed by atoms with E-state index in [4.69, 9.17) is 4.42 Å². The molecule has 0 aliphatic carbocycles. The lowest BCUT2D eigenvalue weighted by molar-refractivity contribution is -0.117. The van der Waals surface area contributed by atoms with E-state index in [1.54, 1.807) is 6.20 Å². The largest absolute Gasteiger partial charge is 0.444 e. The highest BCUT2D eigenvalue weighted by Gasteiger charge is 2.16. The lowest BCUT2D eigenvalue weighted by Crippen LogP contribution is -2.30. The molecule has 1 amide bonds. The SMILES string of the molecule is O=C(CC1CCNCC1)Nc1ccc(-c2cnco2)cc1. The second kappa shape index (κ2) is 6.54. The predicted octanol–water partition coefficient (Wildman–Crippen LogP) is 2.67. The van der Waals surface area contributed by atoms with Crippen molar-refractivity contribution in [2.75, 3.05) is 18.4 Å². The Morgan fingerprint density at radius 3 is 2.71 bits per heavy atom. The summed E-state index contributed by atoms with van der Waals surface area (Å²) in [6.45, 7) is 2.04. The molecule has 0 radical (unpaired) electrons. The van der Waals surface area contributed by atoms with E-state index in [1.807, 2.05) is 24.3 Å². The van der Waals surface area contributed by atoms with E-state index < -0.39 is 0 Å². The minimum atomic E-state index is 0.0920. The Morgan fingerprint density at radius 2 is 2.05 bits per heavy atom. The number of oxazole rings is 1. The number of aromatic nitrogens is 1. The molecule has 0 atom stereocenters. The Labute approximate surface area is 123 Å². The van der Waals surface area contributed by atoms with Crippen molar-refractivity contribution in [3.63, 3.8) is 0 Å². The first-order chi connectivity index (χ1) is 10.3. The van der Waals surface area contributed by atoms with Gasteiger partial charge in [0.2, 0.25) is 5.91 Å². The molecule has 110 valence electrons. The van der Waals surface area contributed by atoms with Gasteiger partial charge in [0.1, 0.15) is 0 Å². The smallest absolute Gasteiger partial charge is 0.224 e.